The number of furan rings is 1. The van der Waals surface area contributed by atoms with Gasteiger partial charge in [0.05, 0.1) is 6.26 Å². The van der Waals surface area contributed by atoms with E-state index in [1.807, 2.05) is 26.8 Å². The second kappa shape index (κ2) is 3.13. The van der Waals surface area contributed by atoms with Gasteiger partial charge in [-0.2, -0.15) is 0 Å². The summed E-state index contributed by atoms with van der Waals surface area (Å²) in [7, 11) is 0. The van der Waals surface area contributed by atoms with Gasteiger partial charge in [-0.05, 0) is 19.9 Å². The molecule has 1 rings (SSSR count). The van der Waals surface area contributed by atoms with E-state index in [9.17, 15) is 4.79 Å². The Balaban J connectivity index is 3.08. The molecule has 0 aromatic carbocycles. The molecule has 12 heavy (non-hydrogen) atoms. The van der Waals surface area contributed by atoms with Crippen molar-refractivity contribution in [3.8, 4) is 0 Å². The summed E-state index contributed by atoms with van der Waals surface area (Å²) in [4.78, 5) is 10.8. The van der Waals surface area contributed by atoms with Crippen molar-refractivity contribution in [1.82, 2.24) is 0 Å². The molecule has 1 heterocycles. The molecule has 2 nitrogen and oxygen atoms in total. The van der Waals surface area contributed by atoms with Crippen LogP contribution in [0.25, 0.3) is 0 Å². The van der Waals surface area contributed by atoms with E-state index < -0.39 is 5.41 Å². The normalized spacial score (nSPS) is 11.6. The van der Waals surface area contributed by atoms with Gasteiger partial charge in [-0.3, -0.25) is 0 Å². The minimum atomic E-state index is -0.418. The Hall–Kier alpha value is -1.05. The molecule has 1 aromatic heterocycles. The predicted molar refractivity (Wildman–Crippen MR) is 47.2 cm³/mol. The molecule has 0 N–H and O–H groups in total. The number of carbonyl (C=O) groups excluding carboxylic acids is 1. The molecule has 0 saturated heterocycles. The minimum absolute atomic E-state index is 0.418. The highest BCUT2D eigenvalue weighted by atomic mass is 16.3. The van der Waals surface area contributed by atoms with E-state index in [1.54, 1.807) is 6.26 Å². The summed E-state index contributed by atoms with van der Waals surface area (Å²) in [5.41, 5.74) is 0.582. The lowest BCUT2D eigenvalue weighted by Crippen LogP contribution is -2.19. The summed E-state index contributed by atoms with van der Waals surface area (Å²) in [6.07, 6.45) is 3.43. The van der Waals surface area contributed by atoms with Crippen molar-refractivity contribution in [2.24, 2.45) is 0 Å². The fourth-order valence-corrected chi connectivity index (χ4v) is 1.25. The van der Waals surface area contributed by atoms with Crippen molar-refractivity contribution >= 4 is 6.29 Å². The van der Waals surface area contributed by atoms with Crippen LogP contribution in [0.3, 0.4) is 0 Å². The van der Waals surface area contributed by atoms with Gasteiger partial charge in [0.2, 0.25) is 0 Å². The monoisotopic (exact) mass is 166 g/mol. The van der Waals surface area contributed by atoms with Gasteiger partial charge < -0.3 is 9.21 Å². The van der Waals surface area contributed by atoms with Gasteiger partial charge in [0, 0.05) is 17.4 Å². The topological polar surface area (TPSA) is 30.2 Å². The number of hydrogen-bond acceptors (Lipinski definition) is 2. The molecule has 66 valence electrons. The van der Waals surface area contributed by atoms with Gasteiger partial charge in [0.25, 0.3) is 0 Å². The van der Waals surface area contributed by atoms with Gasteiger partial charge in [-0.25, -0.2) is 0 Å². The summed E-state index contributed by atoms with van der Waals surface area (Å²) in [6.45, 7) is 5.80. The molecular formula is C10H14O2. The molecule has 0 radical (unpaired) electrons. The Bertz CT molecular complexity index is 271. The zero-order valence-electron chi connectivity index (χ0n) is 7.76. The first-order valence-corrected chi connectivity index (χ1v) is 4.15. The standard InChI is InChI=1S/C10H14O2/c1-4-9-8(5-6-12-9)10(2,3)7-11/h5-7H,4H2,1-3H3. The van der Waals surface area contributed by atoms with E-state index in [2.05, 4.69) is 0 Å². The van der Waals surface area contributed by atoms with Crippen molar-refractivity contribution in [1.29, 1.82) is 0 Å². The molecule has 0 saturated carbocycles. The minimum Gasteiger partial charge on any atom is -0.469 e. The summed E-state index contributed by atoms with van der Waals surface area (Å²) >= 11 is 0. The smallest absolute Gasteiger partial charge is 0.130 e. The molecule has 0 bridgehead atoms. The van der Waals surface area contributed by atoms with Crippen LogP contribution in [0.5, 0.6) is 0 Å². The summed E-state index contributed by atoms with van der Waals surface area (Å²) in [6, 6.07) is 1.87. The molecule has 1 aromatic rings. The molecule has 0 aliphatic rings. The van der Waals surface area contributed by atoms with Crippen molar-refractivity contribution in [2.45, 2.75) is 32.6 Å². The highest BCUT2D eigenvalue weighted by Crippen LogP contribution is 2.25. The molecule has 2 heteroatoms. The fourth-order valence-electron chi connectivity index (χ4n) is 1.25. The number of aryl methyl sites for hydroxylation is 1. The Morgan fingerprint density at radius 1 is 1.58 bits per heavy atom. The second-order valence-electron chi connectivity index (χ2n) is 3.45. The van der Waals surface area contributed by atoms with E-state index in [1.165, 1.54) is 0 Å². The van der Waals surface area contributed by atoms with Crippen LogP contribution in [0.1, 0.15) is 32.1 Å². The van der Waals surface area contributed by atoms with Crippen molar-refractivity contribution in [2.75, 3.05) is 0 Å². The van der Waals surface area contributed by atoms with Gasteiger partial charge in [-0.15, -0.1) is 0 Å². The zero-order chi connectivity index (χ0) is 9.19. The van der Waals surface area contributed by atoms with E-state index in [-0.39, 0.29) is 0 Å². The molecule has 0 unspecified atom stereocenters. The van der Waals surface area contributed by atoms with Crippen LogP contribution in [0, 0.1) is 0 Å². The first kappa shape index (κ1) is 9.04. The molecule has 0 aliphatic heterocycles. The van der Waals surface area contributed by atoms with E-state index >= 15 is 0 Å². The quantitative estimate of drug-likeness (QED) is 0.645. The van der Waals surface area contributed by atoms with Crippen LogP contribution < -0.4 is 0 Å². The van der Waals surface area contributed by atoms with Crippen molar-refractivity contribution < 1.29 is 9.21 Å². The second-order valence-corrected chi connectivity index (χ2v) is 3.45. The number of rotatable bonds is 3. The Kier molecular flexibility index (Phi) is 2.36. The third-order valence-corrected chi connectivity index (χ3v) is 2.06. The maximum absolute atomic E-state index is 10.8. The van der Waals surface area contributed by atoms with Crippen LogP contribution in [-0.4, -0.2) is 6.29 Å². The zero-order valence-corrected chi connectivity index (χ0v) is 7.76. The van der Waals surface area contributed by atoms with Gasteiger partial charge in [-0.1, -0.05) is 6.92 Å². The van der Waals surface area contributed by atoms with E-state index in [4.69, 9.17) is 4.42 Å². The summed E-state index contributed by atoms with van der Waals surface area (Å²) in [5, 5.41) is 0. The highest BCUT2D eigenvalue weighted by Gasteiger charge is 2.23. The van der Waals surface area contributed by atoms with Crippen molar-refractivity contribution in [3.63, 3.8) is 0 Å². The predicted octanol–water partition coefficient (Wildman–Crippen LogP) is 2.32. The highest BCUT2D eigenvalue weighted by molar-refractivity contribution is 5.67. The van der Waals surface area contributed by atoms with E-state index in [0.717, 1.165) is 24.0 Å². The molecule has 0 amide bonds. The van der Waals surface area contributed by atoms with Crippen LogP contribution in [0.15, 0.2) is 16.7 Å². The maximum Gasteiger partial charge on any atom is 0.130 e. The van der Waals surface area contributed by atoms with Crippen LogP contribution >= 0.6 is 0 Å². The van der Waals surface area contributed by atoms with Crippen LogP contribution in [-0.2, 0) is 16.6 Å². The van der Waals surface area contributed by atoms with Crippen molar-refractivity contribution in [3.05, 3.63) is 23.7 Å². The lowest BCUT2D eigenvalue weighted by Gasteiger charge is -2.15. The van der Waals surface area contributed by atoms with E-state index in [0.29, 0.717) is 0 Å². The largest absolute Gasteiger partial charge is 0.469 e. The fraction of sp³-hybridized carbons (Fsp3) is 0.500. The first-order chi connectivity index (χ1) is 5.61. The van der Waals surface area contributed by atoms with Crippen LogP contribution in [0.2, 0.25) is 0 Å². The summed E-state index contributed by atoms with van der Waals surface area (Å²) in [5.74, 6) is 0.909. The van der Waals surface area contributed by atoms with Gasteiger partial charge in [0.1, 0.15) is 12.0 Å². The molecule has 0 spiro atoms. The average molecular weight is 166 g/mol. The Morgan fingerprint density at radius 2 is 2.25 bits per heavy atom. The number of aldehydes is 1. The summed E-state index contributed by atoms with van der Waals surface area (Å²) < 4.78 is 5.24. The third-order valence-electron chi connectivity index (χ3n) is 2.06. The molecule has 0 atom stereocenters. The number of carbonyl (C=O) groups is 1. The van der Waals surface area contributed by atoms with Gasteiger partial charge >= 0.3 is 0 Å². The maximum atomic E-state index is 10.8. The molecule has 0 aliphatic carbocycles. The lowest BCUT2D eigenvalue weighted by molar-refractivity contribution is -0.111. The van der Waals surface area contributed by atoms with Gasteiger partial charge in [0.15, 0.2) is 0 Å². The third kappa shape index (κ3) is 1.42. The molecular weight excluding hydrogens is 152 g/mol. The number of hydrogen-bond donors (Lipinski definition) is 0. The molecule has 0 fully saturated rings. The Labute approximate surface area is 72.6 Å². The Morgan fingerprint density at radius 3 is 2.75 bits per heavy atom. The SMILES string of the molecule is CCc1occc1C(C)(C)C=O. The average Bonchev–Trinajstić information content (AvgIpc) is 2.52. The van der Waals surface area contributed by atoms with Crippen LogP contribution in [0.4, 0.5) is 0 Å². The first-order valence-electron chi connectivity index (χ1n) is 4.15. The lowest BCUT2D eigenvalue weighted by atomic mass is 9.86.